The van der Waals surface area contributed by atoms with E-state index in [9.17, 15) is 4.79 Å². The number of benzene rings is 3. The number of nitrogens with zero attached hydrogens (tertiary/aromatic N) is 2. The topological polar surface area (TPSA) is 83.7 Å². The first-order valence-electron chi connectivity index (χ1n) is 9.68. The molecule has 3 aromatic rings. The minimum absolute atomic E-state index is 0.227. The van der Waals surface area contributed by atoms with Crippen molar-refractivity contribution in [2.45, 2.75) is 13.5 Å². The lowest BCUT2D eigenvalue weighted by Crippen LogP contribution is -2.18. The van der Waals surface area contributed by atoms with Crippen molar-refractivity contribution < 1.29 is 14.3 Å². The fraction of sp³-hybridized carbons (Fsp3) is 0.125. The zero-order valence-electron chi connectivity index (χ0n) is 17.1. The van der Waals surface area contributed by atoms with Crippen molar-refractivity contribution in [2.75, 3.05) is 6.61 Å². The lowest BCUT2D eigenvalue weighted by atomic mass is 10.1. The van der Waals surface area contributed by atoms with Gasteiger partial charge >= 0.3 is 0 Å². The van der Waals surface area contributed by atoms with Gasteiger partial charge in [-0.1, -0.05) is 35.9 Å². The quantitative estimate of drug-likeness (QED) is 0.309. The van der Waals surface area contributed by atoms with E-state index in [0.29, 0.717) is 44.3 Å². The molecule has 1 amide bonds. The van der Waals surface area contributed by atoms with Crippen LogP contribution in [0.1, 0.15) is 34.0 Å². The van der Waals surface area contributed by atoms with Crippen LogP contribution in [0.4, 0.5) is 0 Å². The highest BCUT2D eigenvalue weighted by Gasteiger charge is 2.13. The van der Waals surface area contributed by atoms with Crippen LogP contribution < -0.4 is 14.9 Å². The summed E-state index contributed by atoms with van der Waals surface area (Å²) in [5.41, 5.74) is 4.98. The second kappa shape index (κ2) is 11.3. The van der Waals surface area contributed by atoms with E-state index in [1.54, 1.807) is 48.5 Å². The molecule has 0 aliphatic heterocycles. The zero-order valence-corrected chi connectivity index (χ0v) is 19.5. The van der Waals surface area contributed by atoms with E-state index >= 15 is 0 Å². The Kier molecular flexibility index (Phi) is 8.26. The zero-order chi connectivity index (χ0) is 22.9. The van der Waals surface area contributed by atoms with Crippen LogP contribution >= 0.6 is 27.5 Å². The Balaban J connectivity index is 1.74. The molecule has 0 saturated heterocycles. The van der Waals surface area contributed by atoms with Crippen LogP contribution in [0, 0.1) is 11.3 Å². The molecule has 0 aromatic heterocycles. The second-order valence-electron chi connectivity index (χ2n) is 6.54. The number of hydrogen-bond donors (Lipinski definition) is 1. The van der Waals surface area contributed by atoms with Gasteiger partial charge in [-0.2, -0.15) is 10.4 Å². The molecule has 0 aliphatic carbocycles. The lowest BCUT2D eigenvalue weighted by molar-refractivity contribution is 0.0954. The number of carbonyl (C=O) groups excluding carboxylic acids is 1. The van der Waals surface area contributed by atoms with E-state index in [-0.39, 0.29) is 12.5 Å². The summed E-state index contributed by atoms with van der Waals surface area (Å²) in [6.07, 6.45) is 1.48. The van der Waals surface area contributed by atoms with Gasteiger partial charge in [0.05, 0.1) is 35.0 Å². The first-order chi connectivity index (χ1) is 15.5. The third-order valence-electron chi connectivity index (χ3n) is 4.27. The van der Waals surface area contributed by atoms with Crippen LogP contribution in [-0.4, -0.2) is 18.7 Å². The fourth-order valence-corrected chi connectivity index (χ4v) is 3.56. The van der Waals surface area contributed by atoms with Crippen molar-refractivity contribution >= 4 is 39.7 Å². The summed E-state index contributed by atoms with van der Waals surface area (Å²) in [5, 5.41) is 13.4. The number of amides is 1. The first kappa shape index (κ1) is 23.3. The summed E-state index contributed by atoms with van der Waals surface area (Å²) >= 11 is 9.78. The van der Waals surface area contributed by atoms with E-state index in [1.807, 2.05) is 19.1 Å². The lowest BCUT2D eigenvalue weighted by Gasteiger charge is -2.14. The Labute approximate surface area is 199 Å². The molecule has 0 bridgehead atoms. The van der Waals surface area contributed by atoms with E-state index in [1.165, 1.54) is 6.21 Å². The van der Waals surface area contributed by atoms with Crippen molar-refractivity contribution in [3.63, 3.8) is 0 Å². The minimum atomic E-state index is -0.343. The van der Waals surface area contributed by atoms with Crippen molar-refractivity contribution in [2.24, 2.45) is 5.10 Å². The summed E-state index contributed by atoms with van der Waals surface area (Å²) in [7, 11) is 0. The Morgan fingerprint density at radius 1 is 1.19 bits per heavy atom. The van der Waals surface area contributed by atoms with Gasteiger partial charge in [0.15, 0.2) is 11.5 Å². The van der Waals surface area contributed by atoms with Crippen LogP contribution in [0.25, 0.3) is 0 Å². The van der Waals surface area contributed by atoms with Crippen molar-refractivity contribution in [1.82, 2.24) is 5.43 Å². The second-order valence-corrected chi connectivity index (χ2v) is 7.80. The molecule has 6 nitrogen and oxygen atoms in total. The molecule has 8 heteroatoms. The number of rotatable bonds is 8. The molecule has 0 atom stereocenters. The third kappa shape index (κ3) is 6.10. The van der Waals surface area contributed by atoms with E-state index in [0.717, 1.165) is 5.56 Å². The highest BCUT2D eigenvalue weighted by atomic mass is 79.9. The summed E-state index contributed by atoms with van der Waals surface area (Å²) in [6, 6.07) is 19.7. The normalized spacial score (nSPS) is 10.6. The molecular weight excluding hydrogens is 494 g/mol. The van der Waals surface area contributed by atoms with E-state index in [2.05, 4.69) is 32.5 Å². The minimum Gasteiger partial charge on any atom is -0.490 e. The highest BCUT2D eigenvalue weighted by molar-refractivity contribution is 9.10. The predicted octanol–water partition coefficient (Wildman–Crippen LogP) is 5.72. The molecule has 0 unspecified atom stereocenters. The molecule has 3 aromatic carbocycles. The van der Waals surface area contributed by atoms with Gasteiger partial charge in [0.2, 0.25) is 0 Å². The molecule has 3 rings (SSSR count). The summed E-state index contributed by atoms with van der Waals surface area (Å²) < 4.78 is 12.3. The average Bonchev–Trinajstić information content (AvgIpc) is 2.79. The number of carbonyl (C=O) groups is 1. The largest absolute Gasteiger partial charge is 0.490 e. The molecule has 0 radical (unpaired) electrons. The predicted molar refractivity (Wildman–Crippen MR) is 127 cm³/mol. The van der Waals surface area contributed by atoms with Gasteiger partial charge in [-0.05, 0) is 70.4 Å². The van der Waals surface area contributed by atoms with Crippen molar-refractivity contribution in [3.05, 3.63) is 92.4 Å². The molecule has 0 saturated carbocycles. The number of halogens is 2. The number of ether oxygens (including phenoxy) is 2. The van der Waals surface area contributed by atoms with E-state index in [4.69, 9.17) is 26.3 Å². The first-order valence-corrected chi connectivity index (χ1v) is 10.8. The number of nitriles is 1. The molecule has 0 spiro atoms. The number of nitrogens with one attached hydrogen (secondary N) is 1. The van der Waals surface area contributed by atoms with Gasteiger partial charge in [-0.3, -0.25) is 4.79 Å². The Morgan fingerprint density at radius 2 is 2.00 bits per heavy atom. The van der Waals surface area contributed by atoms with Gasteiger partial charge < -0.3 is 9.47 Å². The molecule has 0 heterocycles. The monoisotopic (exact) mass is 511 g/mol. The Hall–Kier alpha value is -3.34. The van der Waals surface area contributed by atoms with Crippen LogP contribution in [-0.2, 0) is 6.61 Å². The SMILES string of the molecule is CCOc1cc(/C=N\NC(=O)c2ccccc2Br)cc(Cl)c1OCc1cccc(C#N)c1. The van der Waals surface area contributed by atoms with Crippen LogP contribution in [0.2, 0.25) is 5.02 Å². The van der Waals surface area contributed by atoms with Gasteiger partial charge in [0.1, 0.15) is 6.61 Å². The van der Waals surface area contributed by atoms with Crippen LogP contribution in [0.5, 0.6) is 11.5 Å². The maximum atomic E-state index is 12.3. The molecule has 1 N–H and O–H groups in total. The maximum absolute atomic E-state index is 12.3. The molecule has 162 valence electrons. The average molecular weight is 513 g/mol. The van der Waals surface area contributed by atoms with Gasteiger partial charge in [0.25, 0.3) is 5.91 Å². The standard InChI is InChI=1S/C24H19BrClN3O3/c1-2-31-22-12-18(14-28-29-24(30)19-8-3-4-9-20(19)25)11-21(26)23(22)32-15-17-7-5-6-16(10-17)13-27/h3-12,14H,2,15H2,1H3,(H,29,30)/b28-14-. The summed E-state index contributed by atoms with van der Waals surface area (Å²) in [5.74, 6) is 0.504. The van der Waals surface area contributed by atoms with Crippen molar-refractivity contribution in [1.29, 1.82) is 5.26 Å². The van der Waals surface area contributed by atoms with Crippen LogP contribution in [0.3, 0.4) is 0 Å². The smallest absolute Gasteiger partial charge is 0.272 e. The van der Waals surface area contributed by atoms with Crippen LogP contribution in [0.15, 0.2) is 70.2 Å². The molecule has 0 fully saturated rings. The Bertz CT molecular complexity index is 1190. The van der Waals surface area contributed by atoms with Gasteiger partial charge in [0, 0.05) is 4.47 Å². The molecule has 0 aliphatic rings. The Morgan fingerprint density at radius 3 is 2.75 bits per heavy atom. The van der Waals surface area contributed by atoms with E-state index < -0.39 is 0 Å². The van der Waals surface area contributed by atoms with Crippen molar-refractivity contribution in [3.8, 4) is 17.6 Å². The molecular formula is C24H19BrClN3O3. The number of hydrogen-bond acceptors (Lipinski definition) is 5. The van der Waals surface area contributed by atoms with Gasteiger partial charge in [-0.15, -0.1) is 0 Å². The maximum Gasteiger partial charge on any atom is 0.272 e. The fourth-order valence-electron chi connectivity index (χ4n) is 2.82. The third-order valence-corrected chi connectivity index (χ3v) is 5.24. The number of hydrazone groups is 1. The van der Waals surface area contributed by atoms with Gasteiger partial charge in [-0.25, -0.2) is 5.43 Å². The summed E-state index contributed by atoms with van der Waals surface area (Å²) in [4.78, 5) is 12.3. The molecule has 32 heavy (non-hydrogen) atoms. The summed E-state index contributed by atoms with van der Waals surface area (Å²) in [6.45, 7) is 2.49. The highest BCUT2D eigenvalue weighted by Crippen LogP contribution is 2.37.